The summed E-state index contributed by atoms with van der Waals surface area (Å²) >= 11 is 2.04. The molecule has 4 saturated carbocycles. The molecule has 17 rings (SSSR count). The Labute approximate surface area is 467 Å². The van der Waals surface area contributed by atoms with E-state index in [4.69, 9.17) is 8.83 Å². The molecule has 2 aromatic heterocycles. The molecule has 5 aliphatic rings. The highest BCUT2D eigenvalue weighted by molar-refractivity contribution is 8.00. The van der Waals surface area contributed by atoms with Crippen LogP contribution in [0.15, 0.2) is 213 Å². The van der Waals surface area contributed by atoms with Gasteiger partial charge in [-0.05, 0) is 172 Å². The van der Waals surface area contributed by atoms with Gasteiger partial charge in [-0.2, -0.15) is 0 Å². The fourth-order valence-electron chi connectivity index (χ4n) is 15.8. The molecule has 4 nitrogen and oxygen atoms in total. The second-order valence-electron chi connectivity index (χ2n) is 25.7. The van der Waals surface area contributed by atoms with Crippen molar-refractivity contribution in [2.24, 2.45) is 23.7 Å². The Bertz CT molecular complexity index is 4160. The number of fused-ring (bicyclic) bond motifs is 12. The molecule has 1 aliphatic heterocycles. The Morgan fingerprint density at radius 3 is 1.15 bits per heavy atom. The molecular formula is C74H64N2O2S. The molecular weight excluding hydrogens is 981 g/mol. The minimum absolute atomic E-state index is 0.00637. The number of para-hydroxylation sites is 2. The van der Waals surface area contributed by atoms with Crippen molar-refractivity contribution < 1.29 is 8.83 Å². The maximum Gasteiger partial charge on any atom is 0.137 e. The van der Waals surface area contributed by atoms with Crippen molar-refractivity contribution >= 4 is 111 Å². The first kappa shape index (κ1) is 47.3. The third-order valence-corrected chi connectivity index (χ3v) is 20.5. The van der Waals surface area contributed by atoms with Gasteiger partial charge in [0.2, 0.25) is 0 Å². The highest BCUT2D eigenvalue weighted by atomic mass is 32.2. The molecule has 0 saturated heterocycles. The molecule has 4 bridgehead atoms. The first-order valence-corrected chi connectivity index (χ1v) is 29.6. The number of nitrogens with zero attached hydrogens (tertiary/aromatic N) is 2. The Kier molecular flexibility index (Phi) is 10.3. The third kappa shape index (κ3) is 7.00. The molecule has 79 heavy (non-hydrogen) atoms. The van der Waals surface area contributed by atoms with Gasteiger partial charge in [-0.1, -0.05) is 175 Å². The summed E-state index contributed by atoms with van der Waals surface area (Å²) in [5, 5.41) is 9.69. The van der Waals surface area contributed by atoms with Gasteiger partial charge in [0, 0.05) is 48.1 Å². The van der Waals surface area contributed by atoms with Crippen molar-refractivity contribution in [2.75, 3.05) is 9.80 Å². The highest BCUT2D eigenvalue weighted by Crippen LogP contribution is 2.71. The molecule has 12 aromatic rings. The van der Waals surface area contributed by atoms with Crippen molar-refractivity contribution in [2.45, 2.75) is 99.7 Å². The van der Waals surface area contributed by atoms with Crippen LogP contribution in [0.3, 0.4) is 0 Å². The molecule has 0 atom stereocenters. The van der Waals surface area contributed by atoms with Gasteiger partial charge in [0.25, 0.3) is 0 Å². The van der Waals surface area contributed by atoms with Crippen LogP contribution in [0.25, 0.3) is 65.4 Å². The predicted molar refractivity (Wildman–Crippen MR) is 331 cm³/mol. The Hall–Kier alpha value is -7.73. The molecule has 388 valence electrons. The van der Waals surface area contributed by atoms with E-state index in [0.29, 0.717) is 11.8 Å². The van der Waals surface area contributed by atoms with Crippen LogP contribution in [0.1, 0.15) is 95.9 Å². The largest absolute Gasteiger partial charge is 0.456 e. The van der Waals surface area contributed by atoms with E-state index < -0.39 is 0 Å². The lowest BCUT2D eigenvalue weighted by molar-refractivity contribution is -0.0441. The van der Waals surface area contributed by atoms with E-state index in [2.05, 4.69) is 245 Å². The third-order valence-electron chi connectivity index (χ3n) is 19.2. The maximum atomic E-state index is 6.70. The molecule has 0 N–H and O–H groups in total. The number of hydrogen-bond donors (Lipinski definition) is 0. The van der Waals surface area contributed by atoms with Crippen LogP contribution >= 0.6 is 11.8 Å². The van der Waals surface area contributed by atoms with E-state index in [1.807, 2.05) is 11.8 Å². The smallest absolute Gasteiger partial charge is 0.137 e. The highest BCUT2D eigenvalue weighted by Gasteiger charge is 2.61. The second kappa shape index (κ2) is 17.1. The number of hydrogen-bond acceptors (Lipinski definition) is 5. The first-order valence-electron chi connectivity index (χ1n) is 28.8. The molecule has 0 radical (unpaired) electrons. The summed E-state index contributed by atoms with van der Waals surface area (Å²) in [7, 11) is 0. The van der Waals surface area contributed by atoms with Crippen LogP contribution in [0.4, 0.5) is 34.1 Å². The normalized spacial score (nSPS) is 19.3. The Morgan fingerprint density at radius 1 is 0.380 bits per heavy atom. The average molecular weight is 1050 g/mol. The van der Waals surface area contributed by atoms with E-state index in [-0.39, 0.29) is 16.2 Å². The number of rotatable bonds is 6. The van der Waals surface area contributed by atoms with Crippen molar-refractivity contribution in [3.05, 3.63) is 216 Å². The van der Waals surface area contributed by atoms with Crippen LogP contribution in [0.2, 0.25) is 0 Å². The molecule has 4 aliphatic carbocycles. The lowest BCUT2D eigenvalue weighted by Gasteiger charge is -2.63. The zero-order valence-corrected chi connectivity index (χ0v) is 46.8. The van der Waals surface area contributed by atoms with E-state index >= 15 is 0 Å². The minimum Gasteiger partial charge on any atom is -0.456 e. The fraction of sp³-hybridized carbons (Fsp3) is 0.243. The van der Waals surface area contributed by atoms with E-state index in [9.17, 15) is 0 Å². The summed E-state index contributed by atoms with van der Waals surface area (Å²) in [5.41, 5.74) is 16.0. The van der Waals surface area contributed by atoms with Gasteiger partial charge in [-0.25, -0.2) is 0 Å². The van der Waals surface area contributed by atoms with Crippen LogP contribution in [0, 0.1) is 23.7 Å². The first-order chi connectivity index (χ1) is 38.4. The van der Waals surface area contributed by atoms with Gasteiger partial charge in [0.1, 0.15) is 22.3 Å². The topological polar surface area (TPSA) is 32.8 Å². The summed E-state index contributed by atoms with van der Waals surface area (Å²) in [6.07, 6.45) is 6.43. The van der Waals surface area contributed by atoms with Gasteiger partial charge in [0.05, 0.1) is 33.5 Å². The molecule has 5 heteroatoms. The van der Waals surface area contributed by atoms with E-state index in [0.717, 1.165) is 78.5 Å². The van der Waals surface area contributed by atoms with Gasteiger partial charge in [0.15, 0.2) is 0 Å². The van der Waals surface area contributed by atoms with Gasteiger partial charge < -0.3 is 18.6 Å². The SMILES string of the molecule is CC(C)(C)c1ccc(N(c2cc3c(c4ccccc24)Sc2c(cc(N(c4ccc(C(C)(C)C)cc4)c4cccc5oc6ccccc6c45)c4ccccc24)C32C3CC4CC(C3)CC2C4)c2cccc3oc4ccccc4c23)cc1. The molecule has 10 aromatic carbocycles. The summed E-state index contributed by atoms with van der Waals surface area (Å²) < 4.78 is 13.4. The molecule has 3 heterocycles. The molecule has 0 amide bonds. The number of furan rings is 2. The van der Waals surface area contributed by atoms with Crippen LogP contribution in [-0.2, 0) is 16.2 Å². The minimum atomic E-state index is -0.243. The Balaban J connectivity index is 1.01. The van der Waals surface area contributed by atoms with Crippen LogP contribution in [-0.4, -0.2) is 0 Å². The standard InChI is InChI=1S/C74H64N2O2S/c1-72(2,3)46-29-33-50(34-30-46)75(60-23-15-27-66-68(60)56-21-11-13-25-64(56)77-66)62-42-58-70(54-19-9-7-17-52(54)62)79-71-55-20-10-8-18-53(55)63(43-59(71)74(58)48-38-44-37-45(40-48)41-49(74)39-44)76(51-35-31-47(32-36-51)73(4,5)6)61-24-16-28-67-69(61)57-22-12-14-26-65(57)78-67/h7-36,42-45,48-49H,37-41H2,1-6H3. The zero-order valence-electron chi connectivity index (χ0n) is 45.9. The summed E-state index contributed by atoms with van der Waals surface area (Å²) in [4.78, 5) is 8.04. The Morgan fingerprint density at radius 2 is 0.747 bits per heavy atom. The average Bonchev–Trinajstić information content (AvgIpc) is 3.85. The summed E-state index contributed by atoms with van der Waals surface area (Å²) in [5.74, 6) is 2.52. The zero-order chi connectivity index (χ0) is 53.1. The summed E-state index contributed by atoms with van der Waals surface area (Å²) in [6, 6.07) is 73.4. The fourth-order valence-corrected chi connectivity index (χ4v) is 17.3. The molecule has 0 unspecified atom stereocenters. The van der Waals surface area contributed by atoms with Crippen LogP contribution in [0.5, 0.6) is 0 Å². The lowest BCUT2D eigenvalue weighted by atomic mass is 9.42. The maximum absolute atomic E-state index is 6.70. The van der Waals surface area contributed by atoms with Crippen LogP contribution < -0.4 is 9.80 Å². The number of anilines is 6. The van der Waals surface area contributed by atoms with Gasteiger partial charge in [-0.3, -0.25) is 0 Å². The van der Waals surface area contributed by atoms with E-state index in [1.165, 1.54) is 97.1 Å². The molecule has 1 spiro atoms. The van der Waals surface area contributed by atoms with Gasteiger partial charge in [-0.15, -0.1) is 0 Å². The van der Waals surface area contributed by atoms with Crippen molar-refractivity contribution in [3.8, 4) is 0 Å². The monoisotopic (exact) mass is 1040 g/mol. The number of benzene rings is 10. The van der Waals surface area contributed by atoms with Crippen molar-refractivity contribution in [1.82, 2.24) is 0 Å². The van der Waals surface area contributed by atoms with Crippen molar-refractivity contribution in [1.29, 1.82) is 0 Å². The van der Waals surface area contributed by atoms with Gasteiger partial charge >= 0.3 is 0 Å². The second-order valence-corrected chi connectivity index (χ2v) is 26.7. The van der Waals surface area contributed by atoms with Crippen molar-refractivity contribution in [3.63, 3.8) is 0 Å². The summed E-state index contributed by atoms with van der Waals surface area (Å²) in [6.45, 7) is 13.9. The molecule has 4 fully saturated rings. The quantitative estimate of drug-likeness (QED) is 0.166. The van der Waals surface area contributed by atoms with E-state index in [1.54, 1.807) is 0 Å². The lowest BCUT2D eigenvalue weighted by Crippen LogP contribution is -2.57. The predicted octanol–water partition coefficient (Wildman–Crippen LogP) is 21.5.